The van der Waals surface area contributed by atoms with Crippen molar-refractivity contribution in [1.82, 2.24) is 13.9 Å². The lowest BCUT2D eigenvalue weighted by molar-refractivity contribution is 0.312. The summed E-state index contributed by atoms with van der Waals surface area (Å²) in [5.74, 6) is 0. The van der Waals surface area contributed by atoms with Gasteiger partial charge in [0, 0.05) is 38.8 Å². The number of piperazine rings is 1. The van der Waals surface area contributed by atoms with Crippen molar-refractivity contribution < 1.29 is 8.42 Å². The van der Waals surface area contributed by atoms with Crippen molar-refractivity contribution in [3.05, 3.63) is 0 Å². The highest BCUT2D eigenvalue weighted by molar-refractivity contribution is 7.86. The maximum absolute atomic E-state index is 12.2. The zero-order valence-corrected chi connectivity index (χ0v) is 9.96. The average Bonchev–Trinajstić information content (AvgIpc) is 3.04. The Morgan fingerprint density at radius 2 is 1.93 bits per heavy atom. The molecule has 2 aliphatic rings. The monoisotopic (exact) mass is 233 g/mol. The Morgan fingerprint density at radius 1 is 1.33 bits per heavy atom. The van der Waals surface area contributed by atoms with Crippen LogP contribution in [0.5, 0.6) is 0 Å². The van der Waals surface area contributed by atoms with E-state index in [9.17, 15) is 8.42 Å². The van der Waals surface area contributed by atoms with Crippen molar-refractivity contribution in [3.63, 3.8) is 0 Å². The van der Waals surface area contributed by atoms with Gasteiger partial charge < -0.3 is 5.32 Å². The molecule has 0 spiro atoms. The van der Waals surface area contributed by atoms with Crippen molar-refractivity contribution in [2.75, 3.05) is 32.7 Å². The molecule has 15 heavy (non-hydrogen) atoms. The molecule has 0 bridgehead atoms. The van der Waals surface area contributed by atoms with Gasteiger partial charge in [0.05, 0.1) is 0 Å². The predicted molar refractivity (Wildman–Crippen MR) is 58.8 cm³/mol. The minimum atomic E-state index is -3.18. The second kappa shape index (κ2) is 4.37. The highest BCUT2D eigenvalue weighted by Gasteiger charge is 2.39. The average molecular weight is 233 g/mol. The Morgan fingerprint density at radius 3 is 2.40 bits per heavy atom. The minimum absolute atomic E-state index is 0.273. The summed E-state index contributed by atoms with van der Waals surface area (Å²) in [7, 11) is -3.18. The molecular formula is C9H19N3O2S. The van der Waals surface area contributed by atoms with Gasteiger partial charge in [-0.15, -0.1) is 0 Å². The molecule has 1 N–H and O–H groups in total. The van der Waals surface area contributed by atoms with E-state index in [0.29, 0.717) is 19.6 Å². The molecule has 0 radical (unpaired) electrons. The number of nitrogens with one attached hydrogen (secondary N) is 1. The van der Waals surface area contributed by atoms with Crippen molar-refractivity contribution >= 4 is 10.2 Å². The van der Waals surface area contributed by atoms with Gasteiger partial charge in [0.15, 0.2) is 0 Å². The van der Waals surface area contributed by atoms with E-state index >= 15 is 0 Å². The maximum atomic E-state index is 12.2. The van der Waals surface area contributed by atoms with E-state index < -0.39 is 10.2 Å². The van der Waals surface area contributed by atoms with Crippen LogP contribution in [0.15, 0.2) is 0 Å². The van der Waals surface area contributed by atoms with E-state index in [1.165, 1.54) is 0 Å². The molecule has 6 heteroatoms. The minimum Gasteiger partial charge on any atom is -0.314 e. The summed E-state index contributed by atoms with van der Waals surface area (Å²) in [5.41, 5.74) is 0. The summed E-state index contributed by atoms with van der Waals surface area (Å²) in [6, 6.07) is 0.273. The second-order valence-electron chi connectivity index (χ2n) is 4.09. The van der Waals surface area contributed by atoms with E-state index in [0.717, 1.165) is 25.9 Å². The fourth-order valence-corrected chi connectivity index (χ4v) is 3.85. The quantitative estimate of drug-likeness (QED) is 0.720. The topological polar surface area (TPSA) is 52.7 Å². The first-order valence-corrected chi connectivity index (χ1v) is 7.03. The van der Waals surface area contributed by atoms with Gasteiger partial charge in [0.1, 0.15) is 0 Å². The van der Waals surface area contributed by atoms with Crippen LogP contribution in [0.2, 0.25) is 0 Å². The largest absolute Gasteiger partial charge is 0.314 e. The van der Waals surface area contributed by atoms with E-state index in [1.54, 1.807) is 8.61 Å². The molecule has 0 aromatic heterocycles. The number of rotatable bonds is 4. The van der Waals surface area contributed by atoms with Gasteiger partial charge in [-0.3, -0.25) is 0 Å². The SMILES string of the molecule is CCN(C1CC1)S(=O)(=O)N1CCNCC1. The summed E-state index contributed by atoms with van der Waals surface area (Å²) in [4.78, 5) is 0. The molecule has 1 saturated carbocycles. The van der Waals surface area contributed by atoms with Crippen molar-refractivity contribution in [1.29, 1.82) is 0 Å². The molecule has 88 valence electrons. The molecule has 1 heterocycles. The molecule has 0 aromatic carbocycles. The van der Waals surface area contributed by atoms with E-state index in [2.05, 4.69) is 5.32 Å². The molecule has 0 atom stereocenters. The summed E-state index contributed by atoms with van der Waals surface area (Å²) < 4.78 is 27.7. The third kappa shape index (κ3) is 2.33. The van der Waals surface area contributed by atoms with Gasteiger partial charge in [-0.05, 0) is 12.8 Å². The maximum Gasteiger partial charge on any atom is 0.282 e. The van der Waals surface area contributed by atoms with E-state index in [1.807, 2.05) is 6.92 Å². The lowest BCUT2D eigenvalue weighted by Gasteiger charge is -2.31. The first-order valence-electron chi connectivity index (χ1n) is 5.64. The van der Waals surface area contributed by atoms with Crippen LogP contribution in [0.4, 0.5) is 0 Å². The Hall–Kier alpha value is -0.170. The second-order valence-corrected chi connectivity index (χ2v) is 5.97. The number of nitrogens with zero attached hydrogens (tertiary/aromatic N) is 2. The van der Waals surface area contributed by atoms with Crippen LogP contribution >= 0.6 is 0 Å². The Kier molecular flexibility index (Phi) is 3.30. The number of hydrogen-bond acceptors (Lipinski definition) is 3. The Labute approximate surface area is 91.6 Å². The van der Waals surface area contributed by atoms with Crippen LogP contribution in [0.1, 0.15) is 19.8 Å². The molecule has 0 aromatic rings. The van der Waals surface area contributed by atoms with Crippen molar-refractivity contribution in [3.8, 4) is 0 Å². The first kappa shape index (κ1) is 11.3. The normalized spacial score (nSPS) is 24.7. The molecule has 0 amide bonds. The lowest BCUT2D eigenvalue weighted by Crippen LogP contribution is -2.52. The highest BCUT2D eigenvalue weighted by atomic mass is 32.2. The van der Waals surface area contributed by atoms with Crippen molar-refractivity contribution in [2.45, 2.75) is 25.8 Å². The van der Waals surface area contributed by atoms with Crippen LogP contribution in [0, 0.1) is 0 Å². The Bertz CT molecular complexity index is 307. The molecule has 5 nitrogen and oxygen atoms in total. The van der Waals surface area contributed by atoms with Crippen LogP contribution in [0.25, 0.3) is 0 Å². The molecule has 1 aliphatic heterocycles. The van der Waals surface area contributed by atoms with Gasteiger partial charge in [-0.1, -0.05) is 6.92 Å². The molecule has 2 fully saturated rings. The van der Waals surface area contributed by atoms with E-state index in [4.69, 9.17) is 0 Å². The molecule has 0 unspecified atom stereocenters. The van der Waals surface area contributed by atoms with Crippen molar-refractivity contribution in [2.24, 2.45) is 0 Å². The third-order valence-electron chi connectivity index (χ3n) is 2.96. The van der Waals surface area contributed by atoms with Crippen LogP contribution in [-0.4, -0.2) is 55.8 Å². The lowest BCUT2D eigenvalue weighted by atomic mass is 10.4. The standard InChI is InChI=1S/C9H19N3O2S/c1-2-12(9-3-4-9)15(13,14)11-7-5-10-6-8-11/h9-10H,2-8H2,1H3. The fraction of sp³-hybridized carbons (Fsp3) is 1.00. The molecule has 1 aliphatic carbocycles. The smallest absolute Gasteiger partial charge is 0.282 e. The van der Waals surface area contributed by atoms with Gasteiger partial charge in [0.2, 0.25) is 0 Å². The first-order chi connectivity index (χ1) is 7.16. The predicted octanol–water partition coefficient (Wildman–Crippen LogP) is -0.379. The summed E-state index contributed by atoms with van der Waals surface area (Å²) >= 11 is 0. The number of hydrogen-bond donors (Lipinski definition) is 1. The third-order valence-corrected chi connectivity index (χ3v) is 5.13. The summed E-state index contributed by atoms with van der Waals surface area (Å²) in [6.45, 7) is 5.25. The molecule has 2 rings (SSSR count). The Balaban J connectivity index is 2.08. The van der Waals surface area contributed by atoms with Gasteiger partial charge >= 0.3 is 0 Å². The van der Waals surface area contributed by atoms with Crippen LogP contribution in [-0.2, 0) is 10.2 Å². The van der Waals surface area contributed by atoms with Crippen LogP contribution in [0.3, 0.4) is 0 Å². The molecule has 1 saturated heterocycles. The van der Waals surface area contributed by atoms with Gasteiger partial charge in [-0.25, -0.2) is 0 Å². The van der Waals surface area contributed by atoms with Gasteiger partial charge in [-0.2, -0.15) is 17.0 Å². The zero-order valence-electron chi connectivity index (χ0n) is 9.15. The molecular weight excluding hydrogens is 214 g/mol. The highest BCUT2D eigenvalue weighted by Crippen LogP contribution is 2.30. The van der Waals surface area contributed by atoms with Gasteiger partial charge in [0.25, 0.3) is 10.2 Å². The van der Waals surface area contributed by atoms with E-state index in [-0.39, 0.29) is 6.04 Å². The zero-order chi connectivity index (χ0) is 10.9. The summed E-state index contributed by atoms with van der Waals surface area (Å²) in [6.07, 6.45) is 2.05. The van der Waals surface area contributed by atoms with Crippen LogP contribution < -0.4 is 5.32 Å². The fourth-order valence-electron chi connectivity index (χ4n) is 2.00. The summed E-state index contributed by atoms with van der Waals surface area (Å²) in [5, 5.41) is 3.16.